The average Bonchev–Trinajstić information content (AvgIpc) is 3.75. The third-order valence-corrected chi connectivity index (χ3v) is 10.4. The Morgan fingerprint density at radius 1 is 0.509 bits per heavy atom. The Labute approximate surface area is 329 Å². The van der Waals surface area contributed by atoms with Crippen molar-refractivity contribution in [1.82, 2.24) is 29.1 Å². The van der Waals surface area contributed by atoms with Gasteiger partial charge in [-0.25, -0.2) is 19.9 Å². The van der Waals surface area contributed by atoms with Crippen molar-refractivity contribution in [2.45, 2.75) is 27.2 Å². The number of benzene rings is 5. The molecule has 0 saturated carbocycles. The fraction of sp³-hybridized carbons (Fsp3) is 0.102. The molecule has 10 rings (SSSR count). The molecule has 8 heteroatoms. The Hall–Kier alpha value is -7.32. The zero-order chi connectivity index (χ0) is 38.5. The topological polar surface area (TPSA) is 79.9 Å². The summed E-state index contributed by atoms with van der Waals surface area (Å²) < 4.78 is 18.0. The Morgan fingerprint density at radius 3 is 1.46 bits per heavy atom. The van der Waals surface area contributed by atoms with Gasteiger partial charge in [-0.05, 0) is 97.6 Å². The van der Waals surface area contributed by atoms with E-state index >= 15 is 0 Å². The monoisotopic (exact) mass is 742 g/mol. The quantitative estimate of drug-likeness (QED) is 0.146. The minimum absolute atomic E-state index is 0.501. The van der Waals surface area contributed by atoms with Crippen molar-refractivity contribution in [3.63, 3.8) is 0 Å². The molecule has 5 heterocycles. The summed E-state index contributed by atoms with van der Waals surface area (Å²) in [5.74, 6) is 5.42. The van der Waals surface area contributed by atoms with Gasteiger partial charge in [-0.2, -0.15) is 0 Å². The number of aromatic nitrogens is 6. The molecule has 5 aromatic heterocycles. The smallest absolute Gasteiger partial charge is 0.159 e. The van der Waals surface area contributed by atoms with Crippen molar-refractivity contribution in [2.75, 3.05) is 0 Å². The zero-order valence-electron chi connectivity index (χ0n) is 31.8. The van der Waals surface area contributed by atoms with E-state index in [-0.39, 0.29) is 0 Å². The van der Waals surface area contributed by atoms with Crippen molar-refractivity contribution in [2.24, 2.45) is 5.92 Å². The van der Waals surface area contributed by atoms with Crippen molar-refractivity contribution in [3.8, 4) is 46.0 Å². The van der Waals surface area contributed by atoms with Gasteiger partial charge in [-0.3, -0.25) is 9.13 Å². The molecule has 0 bridgehead atoms. The van der Waals surface area contributed by atoms with Gasteiger partial charge in [0.05, 0.1) is 22.1 Å². The first-order valence-corrected chi connectivity index (χ1v) is 19.2. The highest BCUT2D eigenvalue weighted by molar-refractivity contribution is 6.10. The normalized spacial score (nSPS) is 11.6. The Balaban J connectivity index is 1.09. The Morgan fingerprint density at radius 2 is 0.982 bits per heavy atom. The molecule has 5 aromatic carbocycles. The van der Waals surface area contributed by atoms with Gasteiger partial charge in [0, 0.05) is 69.6 Å². The molecule has 0 fully saturated rings. The third-order valence-electron chi connectivity index (χ3n) is 10.4. The van der Waals surface area contributed by atoms with E-state index in [2.05, 4.69) is 95.8 Å². The minimum atomic E-state index is 0.501. The maximum Gasteiger partial charge on any atom is 0.159 e. The van der Waals surface area contributed by atoms with E-state index in [1.807, 2.05) is 92.4 Å². The van der Waals surface area contributed by atoms with Crippen LogP contribution < -0.4 is 9.47 Å². The number of hydrogen-bond donors (Lipinski definition) is 0. The van der Waals surface area contributed by atoms with Crippen LogP contribution in [0.1, 0.15) is 25.0 Å². The number of hydrogen-bond acceptors (Lipinski definition) is 6. The van der Waals surface area contributed by atoms with Crippen LogP contribution in [-0.2, 0) is 6.42 Å². The zero-order valence-corrected chi connectivity index (χ0v) is 31.8. The second-order valence-corrected chi connectivity index (χ2v) is 14.8. The van der Waals surface area contributed by atoms with Crippen LogP contribution in [0.4, 0.5) is 0 Å². The second-order valence-electron chi connectivity index (χ2n) is 14.8. The largest absolute Gasteiger partial charge is 0.457 e. The van der Waals surface area contributed by atoms with Gasteiger partial charge in [0.1, 0.15) is 34.6 Å². The summed E-state index contributed by atoms with van der Waals surface area (Å²) in [7, 11) is 0. The number of pyridine rings is 2. The lowest BCUT2D eigenvalue weighted by Crippen LogP contribution is -1.99. The van der Waals surface area contributed by atoms with Gasteiger partial charge in [0.25, 0.3) is 0 Å². The summed E-state index contributed by atoms with van der Waals surface area (Å²) in [6.45, 7) is 6.41. The molecule has 57 heavy (non-hydrogen) atoms. The highest BCUT2D eigenvalue weighted by atomic mass is 16.5. The molecular formula is C49H38N6O2. The fourth-order valence-corrected chi connectivity index (χ4v) is 7.83. The standard InChI is InChI=1S/C49H38N6O2/c1-31(2)24-33-29-52-49(53-30-33)34-25-45(56-35-18-20-39-37-12-4-6-14-41(37)54(43(39)27-35)47-16-8-10-22-50-47)32(3)46(26-34)57-36-19-21-40-38-13-5-7-15-42(38)55(44(40)28-36)48-17-9-11-23-51-48/h4-23,25-31H,24H2,1-3H3. The van der Waals surface area contributed by atoms with Crippen LogP contribution in [0.25, 0.3) is 66.6 Å². The molecule has 0 amide bonds. The summed E-state index contributed by atoms with van der Waals surface area (Å²) in [6.07, 6.45) is 8.38. The Bertz CT molecular complexity index is 2900. The number of para-hydroxylation sites is 2. The molecule has 0 radical (unpaired) electrons. The van der Waals surface area contributed by atoms with Gasteiger partial charge in [-0.15, -0.1) is 0 Å². The van der Waals surface area contributed by atoms with Crippen molar-refractivity contribution < 1.29 is 9.47 Å². The van der Waals surface area contributed by atoms with E-state index in [0.717, 1.165) is 78.4 Å². The Kier molecular flexibility index (Phi) is 8.44. The number of ether oxygens (including phenoxy) is 2. The van der Waals surface area contributed by atoms with Crippen LogP contribution in [-0.4, -0.2) is 29.1 Å². The first-order valence-electron chi connectivity index (χ1n) is 19.2. The molecule has 0 unspecified atom stereocenters. The average molecular weight is 743 g/mol. The highest BCUT2D eigenvalue weighted by Gasteiger charge is 2.19. The lowest BCUT2D eigenvalue weighted by atomic mass is 10.1. The molecular weight excluding hydrogens is 705 g/mol. The summed E-state index contributed by atoms with van der Waals surface area (Å²) in [6, 6.07) is 45.2. The summed E-state index contributed by atoms with van der Waals surface area (Å²) in [5, 5.41) is 4.53. The number of nitrogens with zero attached hydrogens (tertiary/aromatic N) is 6. The van der Waals surface area contributed by atoms with Gasteiger partial charge >= 0.3 is 0 Å². The molecule has 0 aliphatic heterocycles. The SMILES string of the molecule is Cc1c(Oc2ccc3c4ccccc4n(-c4ccccn4)c3c2)cc(-c2ncc(CC(C)C)cn2)cc1Oc1ccc2c3ccccc3n(-c3ccccn3)c2c1. The van der Waals surface area contributed by atoms with E-state index in [4.69, 9.17) is 29.4 Å². The predicted octanol–water partition coefficient (Wildman–Crippen LogP) is 12.2. The maximum atomic E-state index is 6.83. The number of fused-ring (bicyclic) bond motifs is 6. The lowest BCUT2D eigenvalue weighted by Gasteiger charge is -2.16. The molecule has 0 saturated heterocycles. The van der Waals surface area contributed by atoms with E-state index in [1.54, 1.807) is 0 Å². The summed E-state index contributed by atoms with van der Waals surface area (Å²) in [4.78, 5) is 19.0. The molecule has 276 valence electrons. The fourth-order valence-electron chi connectivity index (χ4n) is 7.83. The van der Waals surface area contributed by atoms with Gasteiger partial charge in [0.15, 0.2) is 5.82 Å². The predicted molar refractivity (Wildman–Crippen MR) is 228 cm³/mol. The summed E-state index contributed by atoms with van der Waals surface area (Å²) in [5.41, 5.74) is 6.88. The second kappa shape index (κ2) is 14.1. The molecule has 8 nitrogen and oxygen atoms in total. The highest BCUT2D eigenvalue weighted by Crippen LogP contribution is 2.41. The minimum Gasteiger partial charge on any atom is -0.457 e. The van der Waals surface area contributed by atoms with E-state index < -0.39 is 0 Å². The van der Waals surface area contributed by atoms with Crippen molar-refractivity contribution in [1.29, 1.82) is 0 Å². The third kappa shape index (κ3) is 6.21. The molecule has 0 aliphatic carbocycles. The van der Waals surface area contributed by atoms with Crippen LogP contribution in [0.3, 0.4) is 0 Å². The van der Waals surface area contributed by atoms with E-state index in [1.165, 1.54) is 0 Å². The lowest BCUT2D eigenvalue weighted by molar-refractivity contribution is 0.454. The maximum absolute atomic E-state index is 6.83. The van der Waals surface area contributed by atoms with Gasteiger partial charge in [-0.1, -0.05) is 62.4 Å². The number of rotatable bonds is 9. The van der Waals surface area contributed by atoms with Gasteiger partial charge < -0.3 is 9.47 Å². The van der Waals surface area contributed by atoms with Crippen LogP contribution >= 0.6 is 0 Å². The first kappa shape index (κ1) is 34.2. The van der Waals surface area contributed by atoms with E-state index in [0.29, 0.717) is 34.7 Å². The molecule has 0 spiro atoms. The van der Waals surface area contributed by atoms with Crippen LogP contribution in [0.15, 0.2) is 158 Å². The molecule has 0 N–H and O–H groups in total. The van der Waals surface area contributed by atoms with Crippen LogP contribution in [0.2, 0.25) is 0 Å². The molecule has 0 aliphatic rings. The summed E-state index contributed by atoms with van der Waals surface area (Å²) >= 11 is 0. The van der Waals surface area contributed by atoms with Crippen LogP contribution in [0, 0.1) is 12.8 Å². The van der Waals surface area contributed by atoms with Crippen molar-refractivity contribution >= 4 is 43.6 Å². The van der Waals surface area contributed by atoms with E-state index in [9.17, 15) is 0 Å². The first-order chi connectivity index (χ1) is 28.0. The van der Waals surface area contributed by atoms with Gasteiger partial charge in [0.2, 0.25) is 0 Å². The van der Waals surface area contributed by atoms with Crippen LogP contribution in [0.5, 0.6) is 23.0 Å². The molecule has 0 atom stereocenters. The van der Waals surface area contributed by atoms with Crippen molar-refractivity contribution in [3.05, 3.63) is 169 Å². The molecule has 10 aromatic rings.